The van der Waals surface area contributed by atoms with Gasteiger partial charge in [-0.25, -0.2) is 9.97 Å². The quantitative estimate of drug-likeness (QED) is 0.746. The Hall–Kier alpha value is -1.49. The number of carbonyl (C=O) groups excluding carboxylic acids is 1. The standard InChI is InChI=1S/C10H11N3OS/c1-3-8-11-4-5-13(8)9-6-15-10(12-9)7(2)14/h4-6H,3H2,1-2H3. The average molecular weight is 221 g/mol. The van der Waals surface area contributed by atoms with Crippen molar-refractivity contribution >= 4 is 17.1 Å². The highest BCUT2D eigenvalue weighted by atomic mass is 32.1. The summed E-state index contributed by atoms with van der Waals surface area (Å²) in [5.41, 5.74) is 0. The van der Waals surface area contributed by atoms with Crippen molar-refractivity contribution in [2.75, 3.05) is 0 Å². The van der Waals surface area contributed by atoms with Gasteiger partial charge >= 0.3 is 0 Å². The van der Waals surface area contributed by atoms with E-state index in [4.69, 9.17) is 0 Å². The Balaban J connectivity index is 2.41. The van der Waals surface area contributed by atoms with Crippen LogP contribution < -0.4 is 0 Å². The van der Waals surface area contributed by atoms with Gasteiger partial charge in [0.1, 0.15) is 11.6 Å². The lowest BCUT2D eigenvalue weighted by atomic mass is 10.4. The summed E-state index contributed by atoms with van der Waals surface area (Å²) in [6, 6.07) is 0. The fourth-order valence-electron chi connectivity index (χ4n) is 1.34. The van der Waals surface area contributed by atoms with E-state index in [0.717, 1.165) is 18.1 Å². The van der Waals surface area contributed by atoms with Crippen LogP contribution in [-0.2, 0) is 6.42 Å². The highest BCUT2D eigenvalue weighted by molar-refractivity contribution is 7.11. The van der Waals surface area contributed by atoms with Crippen molar-refractivity contribution in [1.82, 2.24) is 14.5 Å². The number of hydrogen-bond acceptors (Lipinski definition) is 4. The van der Waals surface area contributed by atoms with Crippen LogP contribution in [0.1, 0.15) is 29.5 Å². The van der Waals surface area contributed by atoms with Gasteiger partial charge in [0, 0.05) is 31.1 Å². The van der Waals surface area contributed by atoms with E-state index < -0.39 is 0 Å². The Kier molecular flexibility index (Phi) is 2.64. The zero-order valence-corrected chi connectivity index (χ0v) is 9.41. The Morgan fingerprint density at radius 1 is 1.60 bits per heavy atom. The fourth-order valence-corrected chi connectivity index (χ4v) is 2.04. The molecule has 0 radical (unpaired) electrons. The summed E-state index contributed by atoms with van der Waals surface area (Å²) in [6.07, 6.45) is 4.45. The van der Waals surface area contributed by atoms with Crippen LogP contribution in [0.15, 0.2) is 17.8 Å². The van der Waals surface area contributed by atoms with Crippen molar-refractivity contribution in [2.24, 2.45) is 0 Å². The fraction of sp³-hybridized carbons (Fsp3) is 0.300. The number of rotatable bonds is 3. The average Bonchev–Trinajstić information content (AvgIpc) is 2.85. The third-order valence-electron chi connectivity index (χ3n) is 2.07. The van der Waals surface area contributed by atoms with Crippen molar-refractivity contribution in [3.63, 3.8) is 0 Å². The van der Waals surface area contributed by atoms with Crippen molar-refractivity contribution < 1.29 is 4.79 Å². The van der Waals surface area contributed by atoms with Crippen molar-refractivity contribution in [2.45, 2.75) is 20.3 Å². The van der Waals surface area contributed by atoms with Gasteiger partial charge in [0.25, 0.3) is 0 Å². The first-order chi connectivity index (χ1) is 7.22. The molecular weight excluding hydrogens is 210 g/mol. The Morgan fingerprint density at radius 2 is 2.40 bits per heavy atom. The second-order valence-corrected chi connectivity index (χ2v) is 3.99. The van der Waals surface area contributed by atoms with E-state index in [1.807, 2.05) is 23.1 Å². The van der Waals surface area contributed by atoms with E-state index in [9.17, 15) is 4.79 Å². The molecule has 0 unspecified atom stereocenters. The normalized spacial score (nSPS) is 10.5. The molecule has 0 aromatic carbocycles. The highest BCUT2D eigenvalue weighted by Gasteiger charge is 2.09. The largest absolute Gasteiger partial charge is 0.292 e. The minimum Gasteiger partial charge on any atom is -0.292 e. The number of imidazole rings is 1. The van der Waals surface area contributed by atoms with Gasteiger partial charge in [-0.05, 0) is 0 Å². The molecule has 15 heavy (non-hydrogen) atoms. The molecule has 0 aliphatic heterocycles. The predicted molar refractivity (Wildman–Crippen MR) is 58.6 cm³/mol. The summed E-state index contributed by atoms with van der Waals surface area (Å²) in [6.45, 7) is 3.56. The molecule has 5 heteroatoms. The van der Waals surface area contributed by atoms with Crippen LogP contribution in [0.5, 0.6) is 0 Å². The maximum absolute atomic E-state index is 11.1. The summed E-state index contributed by atoms with van der Waals surface area (Å²) < 4.78 is 1.91. The maximum atomic E-state index is 11.1. The van der Waals surface area contributed by atoms with Gasteiger partial charge in [-0.1, -0.05) is 6.92 Å². The van der Waals surface area contributed by atoms with Crippen LogP contribution in [0.2, 0.25) is 0 Å². The first-order valence-corrected chi connectivity index (χ1v) is 5.59. The molecule has 0 saturated heterocycles. The summed E-state index contributed by atoms with van der Waals surface area (Å²) in [5, 5.41) is 2.41. The molecule has 0 amide bonds. The summed E-state index contributed by atoms with van der Waals surface area (Å²) in [7, 11) is 0. The molecule has 0 bridgehead atoms. The van der Waals surface area contributed by atoms with Crippen LogP contribution in [0.3, 0.4) is 0 Å². The number of nitrogens with zero attached hydrogens (tertiary/aromatic N) is 3. The van der Waals surface area contributed by atoms with Gasteiger partial charge in [-0.15, -0.1) is 11.3 Å². The number of aromatic nitrogens is 3. The van der Waals surface area contributed by atoms with E-state index in [1.165, 1.54) is 18.3 Å². The molecule has 2 aromatic heterocycles. The number of hydrogen-bond donors (Lipinski definition) is 0. The van der Waals surface area contributed by atoms with E-state index in [0.29, 0.717) is 5.01 Å². The topological polar surface area (TPSA) is 47.8 Å². The third-order valence-corrected chi connectivity index (χ3v) is 3.00. The minimum absolute atomic E-state index is 0.00409. The lowest BCUT2D eigenvalue weighted by Gasteiger charge is -2.00. The number of Topliss-reactive ketones (excluding diaryl/α,β-unsaturated/α-hetero) is 1. The number of aryl methyl sites for hydroxylation is 1. The van der Waals surface area contributed by atoms with Crippen molar-refractivity contribution in [1.29, 1.82) is 0 Å². The Bertz CT molecular complexity index is 486. The van der Waals surface area contributed by atoms with Gasteiger partial charge < -0.3 is 0 Å². The van der Waals surface area contributed by atoms with Crippen LogP contribution in [0.4, 0.5) is 0 Å². The Labute approximate surface area is 91.6 Å². The second kappa shape index (κ2) is 3.94. The summed E-state index contributed by atoms with van der Waals surface area (Å²) in [5.74, 6) is 1.74. The number of ketones is 1. The van der Waals surface area contributed by atoms with Gasteiger partial charge in [0.2, 0.25) is 0 Å². The van der Waals surface area contributed by atoms with Crippen LogP contribution in [0.25, 0.3) is 5.82 Å². The highest BCUT2D eigenvalue weighted by Crippen LogP contribution is 2.15. The van der Waals surface area contributed by atoms with E-state index in [-0.39, 0.29) is 5.78 Å². The molecule has 0 fully saturated rings. The predicted octanol–water partition coefficient (Wildman–Crippen LogP) is 2.09. The van der Waals surface area contributed by atoms with Crippen molar-refractivity contribution in [3.05, 3.63) is 28.6 Å². The summed E-state index contributed by atoms with van der Waals surface area (Å²) in [4.78, 5) is 19.6. The van der Waals surface area contributed by atoms with E-state index in [1.54, 1.807) is 6.20 Å². The van der Waals surface area contributed by atoms with Gasteiger partial charge in [-0.2, -0.15) is 0 Å². The van der Waals surface area contributed by atoms with Gasteiger partial charge in [-0.3, -0.25) is 9.36 Å². The first-order valence-electron chi connectivity index (χ1n) is 4.71. The molecule has 0 spiro atoms. The van der Waals surface area contributed by atoms with Gasteiger partial charge in [0.15, 0.2) is 10.8 Å². The smallest absolute Gasteiger partial charge is 0.188 e. The van der Waals surface area contributed by atoms with E-state index >= 15 is 0 Å². The molecule has 2 aromatic rings. The second-order valence-electron chi connectivity index (χ2n) is 3.13. The zero-order chi connectivity index (χ0) is 10.8. The SMILES string of the molecule is CCc1nccn1-c1csc(C(C)=O)n1. The van der Waals surface area contributed by atoms with Crippen LogP contribution in [0, 0.1) is 0 Å². The number of carbonyl (C=O) groups is 1. The monoisotopic (exact) mass is 221 g/mol. The zero-order valence-electron chi connectivity index (χ0n) is 8.60. The molecule has 0 aliphatic rings. The third kappa shape index (κ3) is 1.83. The van der Waals surface area contributed by atoms with Crippen molar-refractivity contribution in [3.8, 4) is 5.82 Å². The molecule has 4 nitrogen and oxygen atoms in total. The number of thiazole rings is 1. The molecule has 2 rings (SSSR count). The van der Waals surface area contributed by atoms with Crippen LogP contribution >= 0.6 is 11.3 Å². The first kappa shape index (κ1) is 10.0. The molecule has 0 atom stereocenters. The van der Waals surface area contributed by atoms with Crippen LogP contribution in [-0.4, -0.2) is 20.3 Å². The minimum atomic E-state index is 0.00409. The van der Waals surface area contributed by atoms with Gasteiger partial charge in [0.05, 0.1) is 0 Å². The van der Waals surface area contributed by atoms with E-state index in [2.05, 4.69) is 9.97 Å². The summed E-state index contributed by atoms with van der Waals surface area (Å²) >= 11 is 1.37. The molecule has 0 aliphatic carbocycles. The maximum Gasteiger partial charge on any atom is 0.188 e. The lowest BCUT2D eigenvalue weighted by molar-refractivity contribution is 0.101. The molecule has 0 N–H and O–H groups in total. The lowest BCUT2D eigenvalue weighted by Crippen LogP contribution is -2.00. The molecular formula is C10H11N3OS. The molecule has 0 saturated carbocycles. The Morgan fingerprint density at radius 3 is 3.00 bits per heavy atom. The molecule has 2 heterocycles. The molecule has 78 valence electrons.